The zero-order valence-corrected chi connectivity index (χ0v) is 31.3. The highest BCUT2D eigenvalue weighted by molar-refractivity contribution is 7.86. The third kappa shape index (κ3) is 13.2. The van der Waals surface area contributed by atoms with Crippen LogP contribution in [0.25, 0.3) is 32.9 Å². The van der Waals surface area contributed by atoms with Crippen molar-refractivity contribution < 1.29 is 53.9 Å². The summed E-state index contributed by atoms with van der Waals surface area (Å²) in [5.74, 6) is 0.242. The Morgan fingerprint density at radius 3 is 1.92 bits per heavy atom. The zero-order chi connectivity index (χ0) is 37.7. The van der Waals surface area contributed by atoms with Gasteiger partial charge >= 0.3 is 12.1 Å². The van der Waals surface area contributed by atoms with Gasteiger partial charge in [0.05, 0.1) is 39.3 Å². The summed E-state index contributed by atoms with van der Waals surface area (Å²) >= 11 is 0. The predicted octanol–water partition coefficient (Wildman–Crippen LogP) is 5.23. The molecule has 3 aromatic carbocycles. The quantitative estimate of drug-likeness (QED) is 0.0595. The molecule has 1 aromatic heterocycles. The molecule has 50 heavy (non-hydrogen) atoms. The molecule has 1 N–H and O–H groups in total. The van der Waals surface area contributed by atoms with E-state index in [-0.39, 0.29) is 25.6 Å². The first-order valence-electron chi connectivity index (χ1n) is 15.5. The molecule has 1 heterocycles. The number of nitrogens with one attached hydrogen (secondary N) is 1. The first kappa shape index (κ1) is 40.1. The first-order chi connectivity index (χ1) is 22.9. The lowest BCUT2D eigenvalue weighted by Gasteiger charge is -2.20. The maximum absolute atomic E-state index is 12.7. The van der Waals surface area contributed by atoms with Gasteiger partial charge in [-0.3, -0.25) is 14.3 Å². The molecule has 0 unspecified atom stereocenters. The second-order valence-corrected chi connectivity index (χ2v) is 16.6. The molecule has 13 nitrogen and oxygen atoms in total. The summed E-state index contributed by atoms with van der Waals surface area (Å²) < 4.78 is 73.1. The Balaban J connectivity index is 0.00000126. The fourth-order valence-electron chi connectivity index (χ4n) is 4.92. The summed E-state index contributed by atoms with van der Waals surface area (Å²) in [5.41, 5.74) is 2.79. The van der Waals surface area contributed by atoms with E-state index in [0.29, 0.717) is 17.7 Å². The number of esters is 1. The predicted molar refractivity (Wildman–Crippen MR) is 189 cm³/mol. The number of hydrogen-bond acceptors (Lipinski definition) is 11. The van der Waals surface area contributed by atoms with Gasteiger partial charge in [0.15, 0.2) is 0 Å². The van der Waals surface area contributed by atoms with E-state index in [1.807, 2.05) is 102 Å². The number of amides is 1. The van der Waals surface area contributed by atoms with Crippen molar-refractivity contribution in [3.63, 3.8) is 0 Å². The molecule has 0 atom stereocenters. The van der Waals surface area contributed by atoms with Crippen LogP contribution in [0.5, 0.6) is 5.75 Å². The molecule has 15 heteroatoms. The fraction of sp³-hybridized carbons (Fsp3) is 0.400. The van der Waals surface area contributed by atoms with Gasteiger partial charge in [0, 0.05) is 23.3 Å². The van der Waals surface area contributed by atoms with Gasteiger partial charge in [0.1, 0.15) is 37.2 Å². The standard InChI is InChI=1S/C34H40N2O8S.CH4O3S/c1-33(2,3)43-30(37)20-22-9-15-26-27-16-12-24(35-32(38)44-34(4,5)6)21-29(27)36(7)31(28(26)19-22)23-10-13-25(14-11-23)41-17-18-42-45(8,39)40;1-5(2,3)4/h9-16,19,21H,17-18,20H2,1-8H3;1H3,(H,2,3,4). The Hall–Kier alpha value is -4.31. The smallest absolute Gasteiger partial charge is 0.412 e. The summed E-state index contributed by atoms with van der Waals surface area (Å²) in [7, 11) is -5.52. The maximum Gasteiger partial charge on any atom is 0.412 e. The third-order valence-electron chi connectivity index (χ3n) is 6.51. The second kappa shape index (κ2) is 15.7. The Morgan fingerprint density at radius 2 is 1.36 bits per heavy atom. The normalized spacial score (nSPS) is 12.2. The molecule has 1 amide bonds. The number of pyridine rings is 1. The van der Waals surface area contributed by atoms with Crippen LogP contribution < -0.4 is 14.6 Å². The van der Waals surface area contributed by atoms with Crippen molar-refractivity contribution in [2.45, 2.75) is 59.2 Å². The minimum atomic E-state index is -3.92. The van der Waals surface area contributed by atoms with Gasteiger partial charge in [-0.25, -0.2) is 13.2 Å². The largest absolute Gasteiger partial charge is 0.748 e. The first-order valence-corrected chi connectivity index (χ1v) is 19.1. The Labute approximate surface area is 293 Å². The summed E-state index contributed by atoms with van der Waals surface area (Å²) in [6.07, 6.45) is 1.17. The summed E-state index contributed by atoms with van der Waals surface area (Å²) in [5, 5.41) is 5.68. The van der Waals surface area contributed by atoms with Crippen LogP contribution in [0.1, 0.15) is 47.1 Å². The van der Waals surface area contributed by atoms with Crippen LogP contribution in [0.15, 0.2) is 60.7 Å². The zero-order valence-electron chi connectivity index (χ0n) is 29.6. The molecular weight excluding hydrogens is 689 g/mol. The van der Waals surface area contributed by atoms with Crippen LogP contribution in [0.4, 0.5) is 10.5 Å². The van der Waals surface area contributed by atoms with Crippen molar-refractivity contribution in [2.24, 2.45) is 7.05 Å². The number of ether oxygens (including phenoxy) is 3. The number of aryl methyl sites for hydroxylation is 1. The highest BCUT2D eigenvalue weighted by Gasteiger charge is 2.24. The molecule has 0 saturated carbocycles. The van der Waals surface area contributed by atoms with Crippen LogP contribution in [0.2, 0.25) is 0 Å². The van der Waals surface area contributed by atoms with Crippen molar-refractivity contribution in [1.82, 2.24) is 0 Å². The molecule has 0 fully saturated rings. The third-order valence-corrected chi connectivity index (χ3v) is 7.11. The van der Waals surface area contributed by atoms with E-state index in [1.54, 1.807) is 12.1 Å². The van der Waals surface area contributed by atoms with Crippen molar-refractivity contribution in [3.05, 3.63) is 66.2 Å². The van der Waals surface area contributed by atoms with E-state index in [0.717, 1.165) is 44.8 Å². The number of carbonyl (C=O) groups excluding carboxylic acids is 2. The van der Waals surface area contributed by atoms with Gasteiger partial charge in [-0.05, 0) is 89.6 Å². The number of aromatic nitrogens is 1. The molecule has 0 aliphatic carbocycles. The van der Waals surface area contributed by atoms with E-state index in [9.17, 15) is 18.0 Å². The minimum Gasteiger partial charge on any atom is -0.748 e. The molecule has 0 aliphatic heterocycles. The number of benzene rings is 3. The number of fused-ring (bicyclic) bond motifs is 3. The van der Waals surface area contributed by atoms with Crippen molar-refractivity contribution in [3.8, 4) is 17.0 Å². The van der Waals surface area contributed by atoms with Crippen LogP contribution in [-0.4, -0.2) is 70.4 Å². The average Bonchev–Trinajstić information content (AvgIpc) is 2.93. The van der Waals surface area contributed by atoms with E-state index < -0.39 is 37.5 Å². The van der Waals surface area contributed by atoms with Crippen LogP contribution in [0, 0.1) is 0 Å². The van der Waals surface area contributed by atoms with E-state index in [4.69, 9.17) is 31.4 Å². The van der Waals surface area contributed by atoms with Crippen molar-refractivity contribution >= 4 is 59.7 Å². The molecule has 4 aromatic rings. The molecular formula is C35H44N2O11S2. The average molecular weight is 733 g/mol. The number of nitrogens with zero attached hydrogens (tertiary/aromatic N) is 1. The Morgan fingerprint density at radius 1 is 0.780 bits per heavy atom. The Bertz CT molecular complexity index is 2070. The van der Waals surface area contributed by atoms with Crippen LogP contribution in [-0.2, 0) is 52.2 Å². The number of anilines is 1. The molecule has 0 aliphatic rings. The van der Waals surface area contributed by atoms with Gasteiger partial charge in [0.25, 0.3) is 10.1 Å². The summed E-state index contributed by atoms with van der Waals surface area (Å²) in [6.45, 7) is 10.9. The minimum absolute atomic E-state index is 0.0700. The molecule has 272 valence electrons. The van der Waals surface area contributed by atoms with Crippen molar-refractivity contribution in [2.75, 3.05) is 31.0 Å². The van der Waals surface area contributed by atoms with Crippen LogP contribution in [0.3, 0.4) is 0 Å². The van der Waals surface area contributed by atoms with Crippen LogP contribution >= 0.6 is 0 Å². The number of carbonyl (C=O) groups is 2. The fourth-order valence-corrected chi connectivity index (χ4v) is 5.29. The number of hydrogen-bond donors (Lipinski definition) is 1. The molecule has 0 radical (unpaired) electrons. The summed E-state index contributed by atoms with van der Waals surface area (Å²) in [4.78, 5) is 25.2. The molecule has 0 saturated heterocycles. The van der Waals surface area contributed by atoms with Crippen molar-refractivity contribution in [1.29, 1.82) is 0 Å². The maximum atomic E-state index is 12.7. The second-order valence-electron chi connectivity index (χ2n) is 13.5. The SMILES string of the molecule is CS(=O)(=O)[O-].C[n+]1c(-c2ccc(OCCOS(C)(=O)=O)cc2)c2cc(CC(=O)OC(C)(C)C)ccc2c2ccc(NC(=O)OC(C)(C)C)cc21. The summed E-state index contributed by atoms with van der Waals surface area (Å²) in [6, 6.07) is 19.1. The molecule has 4 rings (SSSR count). The highest BCUT2D eigenvalue weighted by atomic mass is 32.2. The van der Waals surface area contributed by atoms with Gasteiger partial charge in [-0.1, -0.05) is 12.1 Å². The number of rotatable bonds is 9. The van der Waals surface area contributed by atoms with E-state index in [1.165, 1.54) is 0 Å². The van der Waals surface area contributed by atoms with Gasteiger partial charge in [-0.15, -0.1) is 0 Å². The monoisotopic (exact) mass is 732 g/mol. The van der Waals surface area contributed by atoms with Gasteiger partial charge in [-0.2, -0.15) is 13.0 Å². The van der Waals surface area contributed by atoms with E-state index in [2.05, 4.69) is 5.32 Å². The van der Waals surface area contributed by atoms with Gasteiger partial charge in [0.2, 0.25) is 11.2 Å². The highest BCUT2D eigenvalue weighted by Crippen LogP contribution is 2.34. The molecule has 0 spiro atoms. The van der Waals surface area contributed by atoms with E-state index >= 15 is 0 Å². The lowest BCUT2D eigenvalue weighted by Crippen LogP contribution is -2.33. The topological polar surface area (TPSA) is 178 Å². The Kier molecular flexibility index (Phi) is 12.6. The lowest BCUT2D eigenvalue weighted by molar-refractivity contribution is -0.632. The van der Waals surface area contributed by atoms with Gasteiger partial charge < -0.3 is 18.8 Å². The molecule has 0 bridgehead atoms. The lowest BCUT2D eigenvalue weighted by atomic mass is 9.96.